The van der Waals surface area contributed by atoms with Gasteiger partial charge in [-0.25, -0.2) is 0 Å². The number of hydrogen-bond donors (Lipinski definition) is 2. The molecular formula is C19H23N3O5S. The number of nitrogens with zero attached hydrogens (tertiary/aromatic N) is 1. The fourth-order valence-corrected chi connectivity index (χ4v) is 3.48. The summed E-state index contributed by atoms with van der Waals surface area (Å²) < 4.78 is 10.7. The van der Waals surface area contributed by atoms with Gasteiger partial charge in [0.1, 0.15) is 12.6 Å². The maximum Gasteiger partial charge on any atom is 0.308 e. The molecule has 0 aliphatic carbocycles. The van der Waals surface area contributed by atoms with Crippen LogP contribution < -0.4 is 10.6 Å². The summed E-state index contributed by atoms with van der Waals surface area (Å²) in [5.41, 5.74) is 0.457. The fourth-order valence-electron chi connectivity index (χ4n) is 3.17. The van der Waals surface area contributed by atoms with Crippen LogP contribution >= 0.6 is 12.2 Å². The van der Waals surface area contributed by atoms with Crippen LogP contribution in [0.4, 0.5) is 0 Å². The summed E-state index contributed by atoms with van der Waals surface area (Å²) in [4.78, 5) is 38.4. The standard InChI is InChI=1S/C19H23N3O5S/c23-16(27-12-14-7-4-10-26-14)11-15-18(25)20-8-9-22(15)19(28)21-17(24)13-5-2-1-3-6-13/h1-3,5-6,14-15H,4,7-12H2,(H,20,25)(H,21,24,28)/t14-,15+/m1/s1. The number of piperazine rings is 1. The molecule has 0 aromatic heterocycles. The number of carbonyl (C=O) groups is 3. The third-order valence-electron chi connectivity index (χ3n) is 4.66. The molecule has 2 heterocycles. The molecule has 0 radical (unpaired) electrons. The summed E-state index contributed by atoms with van der Waals surface area (Å²) in [6.07, 6.45) is 1.58. The second kappa shape index (κ2) is 9.61. The first-order chi connectivity index (χ1) is 13.5. The minimum atomic E-state index is -0.825. The molecule has 0 unspecified atom stereocenters. The molecule has 2 saturated heterocycles. The number of esters is 1. The molecule has 3 rings (SSSR count). The van der Waals surface area contributed by atoms with Gasteiger partial charge in [-0.3, -0.25) is 19.7 Å². The molecule has 28 heavy (non-hydrogen) atoms. The zero-order valence-corrected chi connectivity index (χ0v) is 16.2. The second-order valence-corrected chi connectivity index (χ2v) is 7.03. The van der Waals surface area contributed by atoms with Gasteiger partial charge >= 0.3 is 5.97 Å². The summed E-state index contributed by atoms with van der Waals surface area (Å²) in [5, 5.41) is 5.46. The molecule has 2 N–H and O–H groups in total. The van der Waals surface area contributed by atoms with Crippen LogP contribution in [-0.4, -0.2) is 66.2 Å². The molecular weight excluding hydrogens is 382 g/mol. The average Bonchev–Trinajstić information content (AvgIpc) is 3.22. The number of carbonyl (C=O) groups excluding carboxylic acids is 3. The van der Waals surface area contributed by atoms with Crippen LogP contribution in [0.1, 0.15) is 29.6 Å². The van der Waals surface area contributed by atoms with Gasteiger partial charge in [0, 0.05) is 25.3 Å². The molecule has 0 spiro atoms. The molecule has 1 aromatic carbocycles. The van der Waals surface area contributed by atoms with Gasteiger partial charge in [0.2, 0.25) is 5.91 Å². The summed E-state index contributed by atoms with van der Waals surface area (Å²) >= 11 is 5.33. The summed E-state index contributed by atoms with van der Waals surface area (Å²) in [6, 6.07) is 7.82. The highest BCUT2D eigenvalue weighted by Crippen LogP contribution is 2.14. The molecule has 1 aromatic rings. The minimum Gasteiger partial charge on any atom is -0.463 e. The van der Waals surface area contributed by atoms with Crippen molar-refractivity contribution in [2.75, 3.05) is 26.3 Å². The van der Waals surface area contributed by atoms with Gasteiger partial charge in [-0.15, -0.1) is 0 Å². The van der Waals surface area contributed by atoms with Crippen molar-refractivity contribution >= 4 is 35.1 Å². The number of nitrogens with one attached hydrogen (secondary N) is 2. The van der Waals surface area contributed by atoms with E-state index < -0.39 is 12.0 Å². The van der Waals surface area contributed by atoms with Crippen molar-refractivity contribution in [3.8, 4) is 0 Å². The summed E-state index contributed by atoms with van der Waals surface area (Å²) in [7, 11) is 0. The van der Waals surface area contributed by atoms with Crippen LogP contribution in [0.5, 0.6) is 0 Å². The van der Waals surface area contributed by atoms with Crippen LogP contribution in [-0.2, 0) is 19.1 Å². The Morgan fingerprint density at radius 3 is 2.82 bits per heavy atom. The molecule has 2 aliphatic rings. The third kappa shape index (κ3) is 5.26. The SMILES string of the molecule is O=C(C[C@H]1C(=O)NCCN1C(=S)NC(=O)c1ccccc1)OC[C@H]1CCCO1. The Kier molecular flexibility index (Phi) is 6.94. The first-order valence-corrected chi connectivity index (χ1v) is 9.67. The Hall–Kier alpha value is -2.52. The van der Waals surface area contributed by atoms with Gasteiger partial charge < -0.3 is 19.7 Å². The van der Waals surface area contributed by atoms with E-state index in [1.165, 1.54) is 0 Å². The molecule has 2 atom stereocenters. The predicted molar refractivity (Wildman–Crippen MR) is 105 cm³/mol. The normalized spacial score (nSPS) is 21.7. The third-order valence-corrected chi connectivity index (χ3v) is 5.00. The highest BCUT2D eigenvalue weighted by Gasteiger charge is 2.34. The van der Waals surface area contributed by atoms with E-state index in [9.17, 15) is 14.4 Å². The lowest BCUT2D eigenvalue weighted by Crippen LogP contribution is -2.60. The first-order valence-electron chi connectivity index (χ1n) is 9.26. The van der Waals surface area contributed by atoms with Gasteiger partial charge in [-0.05, 0) is 37.2 Å². The molecule has 0 saturated carbocycles. The number of thiocarbonyl (C=S) groups is 1. The van der Waals surface area contributed by atoms with Crippen LogP contribution in [0.2, 0.25) is 0 Å². The van der Waals surface area contributed by atoms with Crippen molar-refractivity contribution in [1.82, 2.24) is 15.5 Å². The molecule has 0 bridgehead atoms. The van der Waals surface area contributed by atoms with Gasteiger partial charge in [0.05, 0.1) is 12.5 Å². The fraction of sp³-hybridized carbons (Fsp3) is 0.474. The predicted octanol–water partition coefficient (Wildman–Crippen LogP) is 0.614. The largest absolute Gasteiger partial charge is 0.463 e. The van der Waals surface area contributed by atoms with Crippen molar-refractivity contribution in [2.24, 2.45) is 0 Å². The van der Waals surface area contributed by atoms with Crippen LogP contribution in [0.25, 0.3) is 0 Å². The topological polar surface area (TPSA) is 97.0 Å². The molecule has 8 nitrogen and oxygen atoms in total. The number of amides is 2. The maximum atomic E-state index is 12.3. The summed E-state index contributed by atoms with van der Waals surface area (Å²) in [5.74, 6) is -1.19. The van der Waals surface area contributed by atoms with Crippen molar-refractivity contribution in [1.29, 1.82) is 0 Å². The van der Waals surface area contributed by atoms with E-state index in [0.29, 0.717) is 25.3 Å². The highest BCUT2D eigenvalue weighted by atomic mass is 32.1. The first kappa shape index (κ1) is 20.2. The number of rotatable bonds is 5. The lowest BCUT2D eigenvalue weighted by molar-refractivity contribution is -0.150. The van der Waals surface area contributed by atoms with Gasteiger partial charge in [0.15, 0.2) is 5.11 Å². The van der Waals surface area contributed by atoms with Gasteiger partial charge in [-0.1, -0.05) is 18.2 Å². The number of ether oxygens (including phenoxy) is 2. The van der Waals surface area contributed by atoms with Gasteiger partial charge in [0.25, 0.3) is 5.91 Å². The lowest BCUT2D eigenvalue weighted by Gasteiger charge is -2.36. The quantitative estimate of drug-likeness (QED) is 0.547. The van der Waals surface area contributed by atoms with Crippen LogP contribution in [0, 0.1) is 0 Å². The van der Waals surface area contributed by atoms with E-state index in [-0.39, 0.29) is 36.1 Å². The Bertz CT molecular complexity index is 736. The molecule has 150 valence electrons. The Morgan fingerprint density at radius 1 is 1.32 bits per heavy atom. The smallest absolute Gasteiger partial charge is 0.308 e. The zero-order chi connectivity index (χ0) is 19.9. The maximum absolute atomic E-state index is 12.3. The minimum absolute atomic E-state index is 0.0773. The average molecular weight is 405 g/mol. The van der Waals surface area contributed by atoms with Crippen molar-refractivity contribution in [3.63, 3.8) is 0 Å². The highest BCUT2D eigenvalue weighted by molar-refractivity contribution is 7.80. The van der Waals surface area contributed by atoms with Crippen molar-refractivity contribution < 1.29 is 23.9 Å². The monoisotopic (exact) mass is 405 g/mol. The van der Waals surface area contributed by atoms with Crippen LogP contribution in [0.3, 0.4) is 0 Å². The Morgan fingerprint density at radius 2 is 2.11 bits per heavy atom. The second-order valence-electron chi connectivity index (χ2n) is 6.65. The van der Waals surface area contributed by atoms with E-state index >= 15 is 0 Å². The molecule has 2 aliphatic heterocycles. The van der Waals surface area contributed by atoms with Crippen molar-refractivity contribution in [2.45, 2.75) is 31.4 Å². The summed E-state index contributed by atoms with van der Waals surface area (Å²) in [6.45, 7) is 1.63. The van der Waals surface area contributed by atoms with E-state index in [1.54, 1.807) is 29.2 Å². The number of benzene rings is 1. The number of hydrogen-bond acceptors (Lipinski definition) is 6. The van der Waals surface area contributed by atoms with Crippen LogP contribution in [0.15, 0.2) is 30.3 Å². The molecule has 2 fully saturated rings. The Balaban J connectivity index is 1.57. The van der Waals surface area contributed by atoms with E-state index in [0.717, 1.165) is 12.8 Å². The van der Waals surface area contributed by atoms with Crippen molar-refractivity contribution in [3.05, 3.63) is 35.9 Å². The lowest BCUT2D eigenvalue weighted by atomic mass is 10.1. The van der Waals surface area contributed by atoms with Gasteiger partial charge in [-0.2, -0.15) is 0 Å². The van der Waals surface area contributed by atoms with E-state index in [2.05, 4.69) is 10.6 Å². The zero-order valence-electron chi connectivity index (χ0n) is 15.4. The Labute approximate surface area is 168 Å². The van der Waals surface area contributed by atoms with E-state index in [1.807, 2.05) is 6.07 Å². The van der Waals surface area contributed by atoms with E-state index in [4.69, 9.17) is 21.7 Å². The molecule has 2 amide bonds. The molecule has 9 heteroatoms.